The second-order valence-corrected chi connectivity index (χ2v) is 4.89. The molecule has 1 heterocycles. The zero-order valence-electron chi connectivity index (χ0n) is 11.0. The molecule has 1 aromatic rings. The summed E-state index contributed by atoms with van der Waals surface area (Å²) in [6, 6.07) is 2.84. The highest BCUT2D eigenvalue weighted by molar-refractivity contribution is 5.85. The number of benzene rings is 1. The predicted octanol–water partition coefficient (Wildman–Crippen LogP) is 3.06. The fraction of sp³-hybridized carbons (Fsp3) is 0.538. The van der Waals surface area contributed by atoms with Crippen LogP contribution in [-0.2, 0) is 12.7 Å². The molecular weight excluding hydrogens is 296 g/mol. The molecule has 0 aromatic heterocycles. The number of alkyl halides is 3. The maximum Gasteiger partial charge on any atom is 0.416 e. The van der Waals surface area contributed by atoms with Crippen molar-refractivity contribution in [3.8, 4) is 0 Å². The lowest BCUT2D eigenvalue weighted by molar-refractivity contribution is -0.137. The average Bonchev–Trinajstić information content (AvgIpc) is 2.30. The molecule has 7 heteroatoms. The first-order valence-corrected chi connectivity index (χ1v) is 6.17. The maximum atomic E-state index is 13.6. The van der Waals surface area contributed by atoms with E-state index in [1.54, 1.807) is 0 Å². The maximum absolute atomic E-state index is 13.6. The second kappa shape index (κ2) is 6.74. The molecule has 0 aliphatic carbocycles. The van der Waals surface area contributed by atoms with Crippen LogP contribution >= 0.6 is 12.4 Å². The van der Waals surface area contributed by atoms with E-state index in [-0.39, 0.29) is 30.6 Å². The van der Waals surface area contributed by atoms with Gasteiger partial charge in [0.2, 0.25) is 0 Å². The summed E-state index contributed by atoms with van der Waals surface area (Å²) in [5, 5.41) is 3.23. The van der Waals surface area contributed by atoms with Crippen LogP contribution in [0.4, 0.5) is 17.6 Å². The highest BCUT2D eigenvalue weighted by Crippen LogP contribution is 2.30. The van der Waals surface area contributed by atoms with Crippen LogP contribution in [0.3, 0.4) is 0 Å². The molecule has 2 nitrogen and oxygen atoms in total. The Hall–Kier alpha value is -0.850. The second-order valence-electron chi connectivity index (χ2n) is 4.89. The zero-order chi connectivity index (χ0) is 14.0. The van der Waals surface area contributed by atoms with E-state index in [0.717, 1.165) is 24.7 Å². The SMILES string of the molecule is CC1CN(Cc2cc(C(F)(F)F)ccc2F)CCN1.Cl. The molecule has 0 bridgehead atoms. The third-order valence-corrected chi connectivity index (χ3v) is 3.22. The summed E-state index contributed by atoms with van der Waals surface area (Å²) in [5.41, 5.74) is -0.698. The van der Waals surface area contributed by atoms with Gasteiger partial charge in [-0.25, -0.2) is 4.39 Å². The van der Waals surface area contributed by atoms with Crippen molar-refractivity contribution in [3.63, 3.8) is 0 Å². The minimum Gasteiger partial charge on any atom is -0.312 e. The van der Waals surface area contributed by atoms with Crippen molar-refractivity contribution < 1.29 is 17.6 Å². The van der Waals surface area contributed by atoms with E-state index in [4.69, 9.17) is 0 Å². The van der Waals surface area contributed by atoms with Gasteiger partial charge in [-0.1, -0.05) is 0 Å². The van der Waals surface area contributed by atoms with E-state index in [9.17, 15) is 17.6 Å². The van der Waals surface area contributed by atoms with Crippen molar-refractivity contribution in [3.05, 3.63) is 35.1 Å². The molecule has 1 aromatic carbocycles. The smallest absolute Gasteiger partial charge is 0.312 e. The molecule has 20 heavy (non-hydrogen) atoms. The summed E-state index contributed by atoms with van der Waals surface area (Å²) in [6.45, 7) is 4.38. The Morgan fingerprint density at radius 1 is 1.35 bits per heavy atom. The van der Waals surface area contributed by atoms with Crippen LogP contribution in [0.1, 0.15) is 18.1 Å². The van der Waals surface area contributed by atoms with Gasteiger partial charge in [-0.15, -0.1) is 12.4 Å². The van der Waals surface area contributed by atoms with Gasteiger partial charge in [0.15, 0.2) is 0 Å². The highest BCUT2D eigenvalue weighted by atomic mass is 35.5. The van der Waals surface area contributed by atoms with Gasteiger partial charge in [0.25, 0.3) is 0 Å². The predicted molar refractivity (Wildman–Crippen MR) is 71.4 cm³/mol. The van der Waals surface area contributed by atoms with Crippen molar-refractivity contribution in [2.45, 2.75) is 25.7 Å². The Morgan fingerprint density at radius 3 is 2.65 bits per heavy atom. The van der Waals surface area contributed by atoms with E-state index < -0.39 is 17.6 Å². The molecule has 1 aliphatic rings. The molecule has 1 atom stereocenters. The number of nitrogens with one attached hydrogen (secondary N) is 1. The van der Waals surface area contributed by atoms with Crippen LogP contribution in [0, 0.1) is 5.82 Å². The van der Waals surface area contributed by atoms with Gasteiger partial charge < -0.3 is 5.32 Å². The Morgan fingerprint density at radius 2 is 2.05 bits per heavy atom. The fourth-order valence-corrected chi connectivity index (χ4v) is 2.27. The van der Waals surface area contributed by atoms with Crippen LogP contribution in [0.15, 0.2) is 18.2 Å². The summed E-state index contributed by atoms with van der Waals surface area (Å²) < 4.78 is 51.4. The molecular formula is C13H17ClF4N2. The Balaban J connectivity index is 0.00000200. The number of hydrogen-bond acceptors (Lipinski definition) is 2. The molecule has 2 rings (SSSR count). The van der Waals surface area contributed by atoms with Crippen LogP contribution in [0.2, 0.25) is 0 Å². The number of nitrogens with zero attached hydrogens (tertiary/aromatic N) is 1. The van der Waals surface area contributed by atoms with E-state index in [2.05, 4.69) is 5.32 Å². The summed E-state index contributed by atoms with van der Waals surface area (Å²) in [6.07, 6.45) is -4.43. The fourth-order valence-electron chi connectivity index (χ4n) is 2.27. The summed E-state index contributed by atoms with van der Waals surface area (Å²) in [4.78, 5) is 1.96. The standard InChI is InChI=1S/C13H16F4N2.ClH/c1-9-7-19(5-4-18-9)8-10-6-11(13(15,16)17)2-3-12(10)14;/h2-3,6,9,18H,4-5,7-8H2,1H3;1H. The minimum absolute atomic E-state index is 0. The molecule has 1 saturated heterocycles. The normalized spacial score (nSPS) is 20.6. The number of piperazine rings is 1. The van der Waals surface area contributed by atoms with Crippen molar-refractivity contribution in [2.24, 2.45) is 0 Å². The third kappa shape index (κ3) is 4.33. The molecule has 0 saturated carbocycles. The van der Waals surface area contributed by atoms with Gasteiger partial charge in [0, 0.05) is 37.8 Å². The van der Waals surface area contributed by atoms with Crippen LogP contribution in [0.25, 0.3) is 0 Å². The van der Waals surface area contributed by atoms with Gasteiger partial charge in [-0.05, 0) is 25.1 Å². The van der Waals surface area contributed by atoms with E-state index >= 15 is 0 Å². The quantitative estimate of drug-likeness (QED) is 0.844. The Bertz CT molecular complexity index is 450. The summed E-state index contributed by atoms with van der Waals surface area (Å²) in [5.74, 6) is -0.584. The summed E-state index contributed by atoms with van der Waals surface area (Å²) in [7, 11) is 0. The summed E-state index contributed by atoms with van der Waals surface area (Å²) >= 11 is 0. The first kappa shape index (κ1) is 17.2. The third-order valence-electron chi connectivity index (χ3n) is 3.22. The molecule has 1 aliphatic heterocycles. The largest absolute Gasteiger partial charge is 0.416 e. The van der Waals surface area contributed by atoms with Gasteiger partial charge in [-0.3, -0.25) is 4.90 Å². The van der Waals surface area contributed by atoms with Crippen molar-refractivity contribution >= 4 is 12.4 Å². The first-order chi connectivity index (χ1) is 8.86. The van der Waals surface area contributed by atoms with E-state index in [0.29, 0.717) is 13.1 Å². The molecule has 0 amide bonds. The lowest BCUT2D eigenvalue weighted by Gasteiger charge is -2.32. The van der Waals surface area contributed by atoms with Crippen LogP contribution < -0.4 is 5.32 Å². The van der Waals surface area contributed by atoms with Crippen LogP contribution in [-0.4, -0.2) is 30.6 Å². The van der Waals surface area contributed by atoms with Gasteiger partial charge >= 0.3 is 6.18 Å². The van der Waals surface area contributed by atoms with Crippen molar-refractivity contribution in [2.75, 3.05) is 19.6 Å². The van der Waals surface area contributed by atoms with E-state index in [1.807, 2.05) is 11.8 Å². The molecule has 0 spiro atoms. The molecule has 1 fully saturated rings. The highest BCUT2D eigenvalue weighted by Gasteiger charge is 2.31. The molecule has 0 radical (unpaired) electrons. The van der Waals surface area contributed by atoms with Crippen molar-refractivity contribution in [1.29, 1.82) is 0 Å². The number of rotatable bonds is 2. The minimum atomic E-state index is -4.43. The topological polar surface area (TPSA) is 15.3 Å². The van der Waals surface area contributed by atoms with Gasteiger partial charge in [0.1, 0.15) is 5.82 Å². The Labute approximate surface area is 121 Å². The average molecular weight is 313 g/mol. The van der Waals surface area contributed by atoms with Crippen LogP contribution in [0.5, 0.6) is 0 Å². The van der Waals surface area contributed by atoms with Gasteiger partial charge in [-0.2, -0.15) is 13.2 Å². The number of halogens is 5. The van der Waals surface area contributed by atoms with Crippen molar-refractivity contribution in [1.82, 2.24) is 10.2 Å². The molecule has 114 valence electrons. The first-order valence-electron chi connectivity index (χ1n) is 6.17. The lowest BCUT2D eigenvalue weighted by Crippen LogP contribution is -2.48. The molecule has 1 N–H and O–H groups in total. The number of hydrogen-bond donors (Lipinski definition) is 1. The van der Waals surface area contributed by atoms with E-state index in [1.165, 1.54) is 0 Å². The van der Waals surface area contributed by atoms with Gasteiger partial charge in [0.05, 0.1) is 5.56 Å². The monoisotopic (exact) mass is 312 g/mol. The molecule has 1 unspecified atom stereocenters. The zero-order valence-corrected chi connectivity index (χ0v) is 11.8. The lowest BCUT2D eigenvalue weighted by atomic mass is 10.1. The Kier molecular flexibility index (Phi) is 5.79.